The third kappa shape index (κ3) is 3.11. The predicted molar refractivity (Wildman–Crippen MR) is 110 cm³/mol. The van der Waals surface area contributed by atoms with Crippen molar-refractivity contribution in [2.24, 2.45) is 0 Å². The number of carbonyl (C=O) groups is 1. The zero-order valence-electron chi connectivity index (χ0n) is 15.0. The van der Waals surface area contributed by atoms with Crippen molar-refractivity contribution in [2.45, 2.75) is 56.0 Å². The van der Waals surface area contributed by atoms with Gasteiger partial charge < -0.3 is 10.6 Å². The number of hydrogen-bond acceptors (Lipinski definition) is 2. The van der Waals surface area contributed by atoms with E-state index in [-0.39, 0.29) is 17.4 Å². The van der Waals surface area contributed by atoms with Crippen LogP contribution in [0.5, 0.6) is 0 Å². The van der Waals surface area contributed by atoms with Crippen molar-refractivity contribution in [1.82, 2.24) is 5.32 Å². The fourth-order valence-electron chi connectivity index (χ4n) is 4.40. The molecule has 0 aromatic heterocycles. The van der Waals surface area contributed by atoms with E-state index in [0.29, 0.717) is 11.1 Å². The lowest BCUT2D eigenvalue weighted by Gasteiger charge is -2.35. The molecule has 0 bridgehead atoms. The molecule has 1 spiro atoms. The highest BCUT2D eigenvalue weighted by molar-refractivity contribution is 6.33. The topological polar surface area (TPSA) is 41.1 Å². The van der Waals surface area contributed by atoms with E-state index in [1.54, 1.807) is 0 Å². The third-order valence-corrected chi connectivity index (χ3v) is 6.98. The number of anilines is 1. The van der Waals surface area contributed by atoms with E-state index >= 15 is 0 Å². The summed E-state index contributed by atoms with van der Waals surface area (Å²) in [6.45, 7) is 0. The summed E-state index contributed by atoms with van der Waals surface area (Å²) in [4.78, 5) is 12.6. The second kappa shape index (κ2) is 6.42. The van der Waals surface area contributed by atoms with Crippen LogP contribution in [-0.4, -0.2) is 11.9 Å². The summed E-state index contributed by atoms with van der Waals surface area (Å²) in [6.07, 6.45) is 6.71. The van der Waals surface area contributed by atoms with Gasteiger partial charge in [-0.25, -0.2) is 0 Å². The molecule has 2 N–H and O–H groups in total. The SMILES string of the molecule is O=C(NC1CCC1)c1ccc2c(c1)C1(CC1)CC(c1cc(Cl)ccc1Cl)N2. The number of halogens is 2. The van der Waals surface area contributed by atoms with Gasteiger partial charge in [0.2, 0.25) is 0 Å². The average molecular weight is 401 g/mol. The molecule has 2 fully saturated rings. The lowest BCUT2D eigenvalue weighted by molar-refractivity contribution is 0.0917. The van der Waals surface area contributed by atoms with Gasteiger partial charge in [0.15, 0.2) is 0 Å². The number of benzene rings is 2. The molecule has 1 aliphatic heterocycles. The summed E-state index contributed by atoms with van der Waals surface area (Å²) >= 11 is 12.7. The number of hydrogen-bond donors (Lipinski definition) is 2. The predicted octanol–water partition coefficient (Wildman–Crippen LogP) is 5.86. The minimum atomic E-state index is 0.0540. The van der Waals surface area contributed by atoms with Crippen molar-refractivity contribution in [1.29, 1.82) is 0 Å². The summed E-state index contributed by atoms with van der Waals surface area (Å²) in [6, 6.07) is 12.2. The molecule has 2 aliphatic carbocycles. The van der Waals surface area contributed by atoms with Gasteiger partial charge in [0.25, 0.3) is 5.91 Å². The fraction of sp³-hybridized carbons (Fsp3) is 0.409. The van der Waals surface area contributed by atoms with Crippen LogP contribution in [-0.2, 0) is 5.41 Å². The maximum Gasteiger partial charge on any atom is 0.251 e. The van der Waals surface area contributed by atoms with Crippen LogP contribution in [0.25, 0.3) is 0 Å². The Balaban J connectivity index is 1.45. The van der Waals surface area contributed by atoms with Crippen LogP contribution in [0.3, 0.4) is 0 Å². The maximum absolute atomic E-state index is 12.6. The second-order valence-electron chi connectivity index (χ2n) is 8.21. The molecule has 2 aromatic carbocycles. The van der Waals surface area contributed by atoms with E-state index in [1.165, 1.54) is 12.0 Å². The number of fused-ring (bicyclic) bond motifs is 2. The first kappa shape index (κ1) is 17.4. The Morgan fingerprint density at radius 2 is 1.93 bits per heavy atom. The lowest BCUT2D eigenvalue weighted by Crippen LogP contribution is -2.39. The molecule has 1 atom stereocenters. The molecule has 5 rings (SSSR count). The van der Waals surface area contributed by atoms with Crippen molar-refractivity contribution in [3.63, 3.8) is 0 Å². The Bertz CT molecular complexity index is 919. The van der Waals surface area contributed by atoms with E-state index in [9.17, 15) is 4.79 Å². The van der Waals surface area contributed by atoms with Crippen LogP contribution in [0.4, 0.5) is 5.69 Å². The molecule has 0 saturated heterocycles. The van der Waals surface area contributed by atoms with Gasteiger partial charge in [-0.1, -0.05) is 23.2 Å². The van der Waals surface area contributed by atoms with Gasteiger partial charge in [-0.2, -0.15) is 0 Å². The van der Waals surface area contributed by atoms with Gasteiger partial charge in [-0.15, -0.1) is 0 Å². The molecule has 5 heteroatoms. The summed E-state index contributed by atoms with van der Waals surface area (Å²) in [7, 11) is 0. The molecule has 1 unspecified atom stereocenters. The zero-order chi connectivity index (χ0) is 18.6. The lowest BCUT2D eigenvalue weighted by atomic mass is 9.81. The molecule has 3 nitrogen and oxygen atoms in total. The smallest absolute Gasteiger partial charge is 0.251 e. The molecule has 2 saturated carbocycles. The quantitative estimate of drug-likeness (QED) is 0.676. The fourth-order valence-corrected chi connectivity index (χ4v) is 4.83. The molecule has 3 aliphatic rings. The summed E-state index contributed by atoms with van der Waals surface area (Å²) in [5.41, 5.74) is 4.36. The second-order valence-corrected chi connectivity index (χ2v) is 9.05. The highest BCUT2D eigenvalue weighted by atomic mass is 35.5. The molecule has 27 heavy (non-hydrogen) atoms. The summed E-state index contributed by atoms with van der Waals surface area (Å²) in [5.74, 6) is 0.0540. The molecule has 1 heterocycles. The van der Waals surface area contributed by atoms with E-state index in [1.807, 2.05) is 24.3 Å². The first-order chi connectivity index (χ1) is 13.0. The van der Waals surface area contributed by atoms with E-state index in [4.69, 9.17) is 23.2 Å². The van der Waals surface area contributed by atoms with Crippen molar-refractivity contribution < 1.29 is 4.79 Å². The monoisotopic (exact) mass is 400 g/mol. The highest BCUT2D eigenvalue weighted by Gasteiger charge is 2.50. The van der Waals surface area contributed by atoms with Crippen LogP contribution in [0.1, 0.15) is 66.1 Å². The first-order valence-electron chi connectivity index (χ1n) is 9.71. The highest BCUT2D eigenvalue weighted by Crippen LogP contribution is 2.59. The third-order valence-electron chi connectivity index (χ3n) is 6.41. The normalized spacial score (nSPS) is 22.5. The van der Waals surface area contributed by atoms with Crippen LogP contribution < -0.4 is 10.6 Å². The van der Waals surface area contributed by atoms with E-state index < -0.39 is 0 Å². The van der Waals surface area contributed by atoms with Crippen LogP contribution >= 0.6 is 23.2 Å². The summed E-state index contributed by atoms with van der Waals surface area (Å²) in [5, 5.41) is 8.22. The van der Waals surface area contributed by atoms with E-state index in [0.717, 1.165) is 53.9 Å². The van der Waals surface area contributed by atoms with Gasteiger partial charge in [-0.3, -0.25) is 4.79 Å². The molecular formula is C22H22Cl2N2O. The van der Waals surface area contributed by atoms with Crippen LogP contribution in [0.2, 0.25) is 10.0 Å². The van der Waals surface area contributed by atoms with Crippen molar-refractivity contribution in [2.75, 3.05) is 5.32 Å². The number of amides is 1. The molecule has 140 valence electrons. The molecular weight excluding hydrogens is 379 g/mol. The zero-order valence-corrected chi connectivity index (χ0v) is 16.5. The Kier molecular flexibility index (Phi) is 4.14. The van der Waals surface area contributed by atoms with Gasteiger partial charge in [0.05, 0.1) is 6.04 Å². The molecule has 0 radical (unpaired) electrons. The Labute approximate surface area is 169 Å². The van der Waals surface area contributed by atoms with Crippen LogP contribution in [0.15, 0.2) is 36.4 Å². The Morgan fingerprint density at radius 1 is 1.11 bits per heavy atom. The first-order valence-corrected chi connectivity index (χ1v) is 10.5. The Hall–Kier alpha value is -1.71. The Morgan fingerprint density at radius 3 is 2.63 bits per heavy atom. The van der Waals surface area contributed by atoms with Gasteiger partial charge >= 0.3 is 0 Å². The largest absolute Gasteiger partial charge is 0.378 e. The van der Waals surface area contributed by atoms with Gasteiger partial charge in [0.1, 0.15) is 0 Å². The minimum absolute atomic E-state index is 0.0540. The molecule has 1 amide bonds. The standard InChI is InChI=1S/C22H22Cl2N2O/c23-14-5-6-18(24)16(11-14)20-12-22(8-9-22)17-10-13(4-7-19(17)26-20)21(27)25-15-2-1-3-15/h4-7,10-11,15,20,26H,1-3,8-9,12H2,(H,25,27). The van der Waals surface area contributed by atoms with Crippen molar-refractivity contribution in [3.8, 4) is 0 Å². The van der Waals surface area contributed by atoms with E-state index in [2.05, 4.69) is 22.8 Å². The number of rotatable bonds is 3. The van der Waals surface area contributed by atoms with Gasteiger partial charge in [-0.05, 0) is 91.5 Å². The average Bonchev–Trinajstić information content (AvgIpc) is 3.39. The minimum Gasteiger partial charge on any atom is -0.378 e. The van der Waals surface area contributed by atoms with Crippen molar-refractivity contribution in [3.05, 3.63) is 63.1 Å². The number of nitrogens with one attached hydrogen (secondary N) is 2. The maximum atomic E-state index is 12.6. The van der Waals surface area contributed by atoms with Crippen LogP contribution in [0, 0.1) is 0 Å². The van der Waals surface area contributed by atoms with Gasteiger partial charge in [0, 0.05) is 27.3 Å². The van der Waals surface area contributed by atoms with Crippen molar-refractivity contribution >= 4 is 34.8 Å². The summed E-state index contributed by atoms with van der Waals surface area (Å²) < 4.78 is 0. The number of carbonyl (C=O) groups excluding carboxylic acids is 1. The molecule has 2 aromatic rings.